The fourth-order valence-electron chi connectivity index (χ4n) is 1.18. The van der Waals surface area contributed by atoms with Gasteiger partial charge in [0, 0.05) is 18.6 Å². The Labute approximate surface area is 75.0 Å². The maximum Gasteiger partial charge on any atom is 0.0608 e. The molecule has 3 heteroatoms. The van der Waals surface area contributed by atoms with E-state index in [1.54, 1.807) is 0 Å². The summed E-state index contributed by atoms with van der Waals surface area (Å²) in [7, 11) is 0. The third-order valence-electron chi connectivity index (χ3n) is 2.36. The average molecular weight is 172 g/mol. The van der Waals surface area contributed by atoms with Crippen molar-refractivity contribution in [2.75, 3.05) is 26.3 Å². The summed E-state index contributed by atoms with van der Waals surface area (Å²) < 4.78 is 5.27. The molecule has 0 radical (unpaired) electrons. The Kier molecular flexibility index (Phi) is 3.50. The number of nitrogens with zero attached hydrogens (tertiary/aromatic N) is 1. The van der Waals surface area contributed by atoms with Gasteiger partial charge in [-0.1, -0.05) is 6.92 Å². The number of hydrogen-bond acceptors (Lipinski definition) is 3. The van der Waals surface area contributed by atoms with Gasteiger partial charge in [0.1, 0.15) is 0 Å². The lowest BCUT2D eigenvalue weighted by molar-refractivity contribution is -0.00793. The van der Waals surface area contributed by atoms with Crippen molar-refractivity contribution < 1.29 is 4.74 Å². The molecule has 1 saturated heterocycles. The van der Waals surface area contributed by atoms with E-state index >= 15 is 0 Å². The Morgan fingerprint density at radius 3 is 2.42 bits per heavy atom. The molecule has 0 spiro atoms. The van der Waals surface area contributed by atoms with Crippen LogP contribution in [0.4, 0.5) is 0 Å². The lowest BCUT2D eigenvalue weighted by Gasteiger charge is -2.35. The van der Waals surface area contributed by atoms with Crippen LogP contribution < -0.4 is 5.43 Å². The second kappa shape index (κ2) is 4.21. The van der Waals surface area contributed by atoms with E-state index in [1.165, 1.54) is 0 Å². The first-order valence-electron chi connectivity index (χ1n) is 4.74. The lowest BCUT2D eigenvalue weighted by Crippen LogP contribution is -2.54. The first kappa shape index (κ1) is 9.96. The highest BCUT2D eigenvalue weighted by Gasteiger charge is 2.19. The molecule has 1 fully saturated rings. The van der Waals surface area contributed by atoms with Gasteiger partial charge >= 0.3 is 0 Å². The molecule has 12 heavy (non-hydrogen) atoms. The summed E-state index contributed by atoms with van der Waals surface area (Å²) in [6.45, 7) is 10.4. The minimum Gasteiger partial charge on any atom is -0.379 e. The van der Waals surface area contributed by atoms with Crippen molar-refractivity contribution in [2.45, 2.75) is 32.7 Å². The molecular weight excluding hydrogens is 152 g/mol. The van der Waals surface area contributed by atoms with Crippen LogP contribution in [0, 0.1) is 0 Å². The maximum atomic E-state index is 5.27. The number of hydrogen-bond donors (Lipinski definition) is 1. The molecule has 0 aromatic carbocycles. The van der Waals surface area contributed by atoms with Gasteiger partial charge in [-0.3, -0.25) is 0 Å². The molecule has 1 rings (SSSR count). The lowest BCUT2D eigenvalue weighted by atomic mass is 10.0. The number of nitrogens with one attached hydrogen (secondary N) is 1. The van der Waals surface area contributed by atoms with Crippen LogP contribution in [0.1, 0.15) is 27.2 Å². The molecule has 0 aliphatic carbocycles. The van der Waals surface area contributed by atoms with Gasteiger partial charge < -0.3 is 4.74 Å². The molecule has 0 bridgehead atoms. The predicted octanol–water partition coefficient (Wildman–Crippen LogP) is 1.01. The normalized spacial score (nSPS) is 21.2. The predicted molar refractivity (Wildman–Crippen MR) is 49.9 cm³/mol. The van der Waals surface area contributed by atoms with Gasteiger partial charge in [0.2, 0.25) is 0 Å². The van der Waals surface area contributed by atoms with E-state index in [0.717, 1.165) is 32.7 Å². The van der Waals surface area contributed by atoms with Crippen LogP contribution in [0.2, 0.25) is 0 Å². The molecule has 0 aromatic heterocycles. The van der Waals surface area contributed by atoms with Crippen LogP contribution >= 0.6 is 0 Å². The molecule has 1 aliphatic rings. The molecule has 1 aliphatic heterocycles. The topological polar surface area (TPSA) is 24.5 Å². The van der Waals surface area contributed by atoms with E-state index in [-0.39, 0.29) is 5.54 Å². The zero-order chi connectivity index (χ0) is 9.03. The number of ether oxygens (including phenoxy) is 1. The summed E-state index contributed by atoms with van der Waals surface area (Å²) in [5.74, 6) is 0. The standard InChI is InChI=1S/C9H20N2O/c1-4-9(2,3)10-11-5-7-12-8-6-11/h10H,4-8H2,1-3H3. The van der Waals surface area contributed by atoms with Gasteiger partial charge in [0.15, 0.2) is 0 Å². The Morgan fingerprint density at radius 1 is 1.33 bits per heavy atom. The summed E-state index contributed by atoms with van der Waals surface area (Å²) in [6.07, 6.45) is 1.14. The smallest absolute Gasteiger partial charge is 0.0608 e. The van der Waals surface area contributed by atoms with Crippen LogP contribution in [0.25, 0.3) is 0 Å². The van der Waals surface area contributed by atoms with Crippen LogP contribution in [0.3, 0.4) is 0 Å². The summed E-state index contributed by atoms with van der Waals surface area (Å²) >= 11 is 0. The molecule has 1 heterocycles. The van der Waals surface area contributed by atoms with E-state index < -0.39 is 0 Å². The third-order valence-corrected chi connectivity index (χ3v) is 2.36. The van der Waals surface area contributed by atoms with Gasteiger partial charge in [0.05, 0.1) is 13.2 Å². The van der Waals surface area contributed by atoms with Crippen molar-refractivity contribution >= 4 is 0 Å². The highest BCUT2D eigenvalue weighted by molar-refractivity contribution is 4.74. The van der Waals surface area contributed by atoms with Gasteiger partial charge in [-0.05, 0) is 20.3 Å². The summed E-state index contributed by atoms with van der Waals surface area (Å²) in [4.78, 5) is 0. The highest BCUT2D eigenvalue weighted by Crippen LogP contribution is 2.08. The summed E-state index contributed by atoms with van der Waals surface area (Å²) in [6, 6.07) is 0. The zero-order valence-electron chi connectivity index (χ0n) is 8.39. The second-order valence-electron chi connectivity index (χ2n) is 3.95. The molecule has 1 N–H and O–H groups in total. The fraction of sp³-hybridized carbons (Fsp3) is 1.00. The summed E-state index contributed by atoms with van der Waals surface area (Å²) in [5.41, 5.74) is 3.72. The number of morpholine rings is 1. The van der Waals surface area contributed by atoms with Crippen LogP contribution in [0.15, 0.2) is 0 Å². The second-order valence-corrected chi connectivity index (χ2v) is 3.95. The molecule has 0 unspecified atom stereocenters. The van der Waals surface area contributed by atoms with E-state index in [9.17, 15) is 0 Å². The monoisotopic (exact) mass is 172 g/mol. The van der Waals surface area contributed by atoms with Gasteiger partial charge in [-0.25, -0.2) is 10.4 Å². The third kappa shape index (κ3) is 3.09. The number of hydrazine groups is 1. The number of rotatable bonds is 3. The first-order chi connectivity index (χ1) is 5.64. The Balaban J connectivity index is 2.28. The van der Waals surface area contributed by atoms with E-state index in [2.05, 4.69) is 31.2 Å². The van der Waals surface area contributed by atoms with Gasteiger partial charge in [0.25, 0.3) is 0 Å². The molecule has 3 nitrogen and oxygen atoms in total. The minimum atomic E-state index is 0.220. The fourth-order valence-corrected chi connectivity index (χ4v) is 1.18. The SMILES string of the molecule is CCC(C)(C)NN1CCOCC1. The largest absolute Gasteiger partial charge is 0.379 e. The van der Waals surface area contributed by atoms with Crippen molar-refractivity contribution in [1.82, 2.24) is 10.4 Å². The van der Waals surface area contributed by atoms with E-state index in [1.807, 2.05) is 0 Å². The molecular formula is C9H20N2O. The van der Waals surface area contributed by atoms with Crippen molar-refractivity contribution in [1.29, 1.82) is 0 Å². The highest BCUT2D eigenvalue weighted by atomic mass is 16.5. The average Bonchev–Trinajstić information content (AvgIpc) is 2.06. The molecule has 0 amide bonds. The molecule has 0 saturated carbocycles. The van der Waals surface area contributed by atoms with Crippen molar-refractivity contribution in [3.63, 3.8) is 0 Å². The summed E-state index contributed by atoms with van der Waals surface area (Å²) in [5, 5.41) is 2.26. The first-order valence-corrected chi connectivity index (χ1v) is 4.74. The molecule has 72 valence electrons. The van der Waals surface area contributed by atoms with E-state index in [0.29, 0.717) is 0 Å². The molecule has 0 aromatic rings. The Morgan fingerprint density at radius 2 is 1.92 bits per heavy atom. The Hall–Kier alpha value is -0.120. The Bertz CT molecular complexity index is 130. The van der Waals surface area contributed by atoms with E-state index in [4.69, 9.17) is 4.74 Å². The zero-order valence-corrected chi connectivity index (χ0v) is 8.39. The van der Waals surface area contributed by atoms with Crippen molar-refractivity contribution in [3.8, 4) is 0 Å². The quantitative estimate of drug-likeness (QED) is 0.687. The van der Waals surface area contributed by atoms with Crippen LogP contribution in [-0.4, -0.2) is 36.9 Å². The van der Waals surface area contributed by atoms with Crippen LogP contribution in [0.5, 0.6) is 0 Å². The minimum absolute atomic E-state index is 0.220. The van der Waals surface area contributed by atoms with Gasteiger partial charge in [-0.2, -0.15) is 0 Å². The maximum absolute atomic E-state index is 5.27. The molecule has 0 atom stereocenters. The van der Waals surface area contributed by atoms with Crippen LogP contribution in [-0.2, 0) is 4.74 Å². The van der Waals surface area contributed by atoms with Crippen molar-refractivity contribution in [3.05, 3.63) is 0 Å². The van der Waals surface area contributed by atoms with Crippen molar-refractivity contribution in [2.24, 2.45) is 0 Å². The van der Waals surface area contributed by atoms with Gasteiger partial charge in [-0.15, -0.1) is 0 Å².